The largest absolute Gasteiger partial charge is 0.444 e. The summed E-state index contributed by atoms with van der Waals surface area (Å²) in [7, 11) is 5.86. The number of pyridine rings is 1. The van der Waals surface area contributed by atoms with Gasteiger partial charge in [0.1, 0.15) is 19.3 Å². The highest BCUT2D eigenvalue weighted by Crippen LogP contribution is 2.17. The highest BCUT2D eigenvalue weighted by molar-refractivity contribution is 6.34. The first kappa shape index (κ1) is 18.0. The SMILES string of the molecule is CC.[B]c1cc2cnc(NC(=O)OC(C)(C)C)cc2cc1C. The van der Waals surface area contributed by atoms with E-state index in [-0.39, 0.29) is 0 Å². The fourth-order valence-corrected chi connectivity index (χ4v) is 1.80. The molecule has 0 atom stereocenters. The van der Waals surface area contributed by atoms with Gasteiger partial charge in [0.2, 0.25) is 0 Å². The maximum absolute atomic E-state index is 11.7. The van der Waals surface area contributed by atoms with Gasteiger partial charge in [-0.3, -0.25) is 5.32 Å². The van der Waals surface area contributed by atoms with Gasteiger partial charge in [-0.1, -0.05) is 37.0 Å². The summed E-state index contributed by atoms with van der Waals surface area (Å²) in [5.41, 5.74) is 1.19. The first-order chi connectivity index (χ1) is 10.2. The van der Waals surface area contributed by atoms with Crippen LogP contribution in [0, 0.1) is 6.92 Å². The van der Waals surface area contributed by atoms with Gasteiger partial charge in [0, 0.05) is 6.20 Å². The van der Waals surface area contributed by atoms with Gasteiger partial charge in [-0.15, -0.1) is 0 Å². The Morgan fingerprint density at radius 1 is 1.18 bits per heavy atom. The summed E-state index contributed by atoms with van der Waals surface area (Å²) < 4.78 is 5.19. The minimum Gasteiger partial charge on any atom is -0.444 e. The van der Waals surface area contributed by atoms with Crippen molar-refractivity contribution in [1.82, 2.24) is 4.98 Å². The molecule has 0 saturated carbocycles. The minimum absolute atomic E-state index is 0.455. The molecule has 1 amide bonds. The molecule has 2 radical (unpaired) electrons. The number of carbonyl (C=O) groups is 1. The average molecular weight is 298 g/mol. The predicted molar refractivity (Wildman–Crippen MR) is 93.1 cm³/mol. The zero-order chi connectivity index (χ0) is 16.9. The predicted octanol–water partition coefficient (Wildman–Crippen LogP) is 3.71. The quantitative estimate of drug-likeness (QED) is 0.816. The highest BCUT2D eigenvalue weighted by atomic mass is 16.6. The van der Waals surface area contributed by atoms with Crippen LogP contribution in [0.4, 0.5) is 10.6 Å². The third-order valence-corrected chi connectivity index (χ3v) is 2.74. The standard InChI is InChI=1S/C15H17BN2O2.C2H6/c1-9-5-10-7-13(17-8-11(10)6-12(9)16)18-14(19)20-15(2,3)4;1-2/h5-8H,1-4H3,(H,17,18,19);1-2H3. The number of ether oxygens (including phenoxy) is 1. The number of carbonyl (C=O) groups excluding carboxylic acids is 1. The van der Waals surface area contributed by atoms with E-state index in [1.54, 1.807) is 12.3 Å². The van der Waals surface area contributed by atoms with Crippen LogP contribution >= 0.6 is 0 Å². The molecule has 2 aromatic rings. The molecule has 2 rings (SSSR count). The Morgan fingerprint density at radius 3 is 2.41 bits per heavy atom. The summed E-state index contributed by atoms with van der Waals surface area (Å²) in [5.74, 6) is 0.455. The summed E-state index contributed by atoms with van der Waals surface area (Å²) in [6, 6.07) is 5.63. The van der Waals surface area contributed by atoms with E-state index in [0.717, 1.165) is 21.8 Å². The second-order valence-electron chi connectivity index (χ2n) is 5.75. The molecule has 4 nitrogen and oxygen atoms in total. The lowest BCUT2D eigenvalue weighted by Gasteiger charge is -2.19. The summed E-state index contributed by atoms with van der Waals surface area (Å²) >= 11 is 0. The zero-order valence-electron chi connectivity index (χ0n) is 14.2. The van der Waals surface area contributed by atoms with Crippen molar-refractivity contribution >= 4 is 36.0 Å². The Kier molecular flexibility index (Phi) is 5.97. The number of anilines is 1. The molecule has 1 heterocycles. The van der Waals surface area contributed by atoms with Crippen molar-refractivity contribution in [3.05, 3.63) is 30.0 Å². The first-order valence-corrected chi connectivity index (χ1v) is 7.40. The smallest absolute Gasteiger partial charge is 0.413 e. The molecule has 0 unspecified atom stereocenters. The molecule has 0 fully saturated rings. The molecule has 0 bridgehead atoms. The van der Waals surface area contributed by atoms with Crippen molar-refractivity contribution < 1.29 is 9.53 Å². The number of aromatic nitrogens is 1. The minimum atomic E-state index is -0.536. The molecule has 22 heavy (non-hydrogen) atoms. The number of aryl methyl sites for hydroxylation is 1. The van der Waals surface area contributed by atoms with Crippen LogP contribution in [0.1, 0.15) is 40.2 Å². The number of hydrogen-bond acceptors (Lipinski definition) is 3. The number of rotatable bonds is 1. The second kappa shape index (κ2) is 7.30. The molecule has 1 N–H and O–H groups in total. The van der Waals surface area contributed by atoms with Crippen LogP contribution in [0.2, 0.25) is 0 Å². The van der Waals surface area contributed by atoms with Crippen molar-refractivity contribution in [3.63, 3.8) is 0 Å². The van der Waals surface area contributed by atoms with Crippen LogP contribution in [0.3, 0.4) is 0 Å². The van der Waals surface area contributed by atoms with Crippen molar-refractivity contribution in [2.24, 2.45) is 0 Å². The molecule has 0 aliphatic carbocycles. The number of amides is 1. The maximum atomic E-state index is 11.7. The Morgan fingerprint density at radius 2 is 1.82 bits per heavy atom. The van der Waals surface area contributed by atoms with E-state index in [1.165, 1.54) is 0 Å². The van der Waals surface area contributed by atoms with E-state index in [1.807, 2.05) is 53.7 Å². The van der Waals surface area contributed by atoms with Crippen molar-refractivity contribution in [3.8, 4) is 0 Å². The third kappa shape index (κ3) is 5.06. The first-order valence-electron chi connectivity index (χ1n) is 7.40. The number of nitrogens with zero attached hydrogens (tertiary/aromatic N) is 1. The lowest BCUT2D eigenvalue weighted by molar-refractivity contribution is 0.0635. The lowest BCUT2D eigenvalue weighted by Crippen LogP contribution is -2.27. The van der Waals surface area contributed by atoms with E-state index >= 15 is 0 Å². The molecule has 1 aromatic carbocycles. The summed E-state index contributed by atoms with van der Waals surface area (Å²) in [6.45, 7) is 11.4. The Bertz CT molecular complexity index is 663. The monoisotopic (exact) mass is 298 g/mol. The molecule has 116 valence electrons. The van der Waals surface area contributed by atoms with Crippen LogP contribution in [0.25, 0.3) is 10.8 Å². The van der Waals surface area contributed by atoms with E-state index in [2.05, 4.69) is 10.3 Å². The zero-order valence-corrected chi connectivity index (χ0v) is 14.2. The van der Waals surface area contributed by atoms with Crippen LogP contribution < -0.4 is 10.8 Å². The van der Waals surface area contributed by atoms with Crippen LogP contribution in [-0.4, -0.2) is 24.5 Å². The van der Waals surface area contributed by atoms with E-state index < -0.39 is 11.7 Å². The molecule has 1 aromatic heterocycles. The van der Waals surface area contributed by atoms with Gasteiger partial charge in [0.05, 0.1) is 0 Å². The Hall–Kier alpha value is -2.04. The van der Waals surface area contributed by atoms with E-state index in [4.69, 9.17) is 12.6 Å². The molecule has 0 aliphatic rings. The van der Waals surface area contributed by atoms with Crippen molar-refractivity contribution in [2.45, 2.75) is 47.1 Å². The third-order valence-electron chi connectivity index (χ3n) is 2.74. The summed E-state index contributed by atoms with van der Waals surface area (Å²) in [4.78, 5) is 15.9. The van der Waals surface area contributed by atoms with Crippen LogP contribution in [0.5, 0.6) is 0 Å². The number of hydrogen-bond donors (Lipinski definition) is 1. The summed E-state index contributed by atoms with van der Waals surface area (Å²) in [6.07, 6.45) is 1.16. The highest BCUT2D eigenvalue weighted by Gasteiger charge is 2.16. The van der Waals surface area contributed by atoms with Gasteiger partial charge in [-0.2, -0.15) is 0 Å². The normalized spacial score (nSPS) is 10.6. The second-order valence-corrected chi connectivity index (χ2v) is 5.75. The summed E-state index contributed by atoms with van der Waals surface area (Å²) in [5, 5.41) is 4.52. The van der Waals surface area contributed by atoms with E-state index in [0.29, 0.717) is 5.82 Å². The fraction of sp³-hybridized carbons (Fsp3) is 0.412. The molecule has 0 aliphatic heterocycles. The lowest BCUT2D eigenvalue weighted by atomic mass is 9.89. The maximum Gasteiger partial charge on any atom is 0.413 e. The Labute approximate surface area is 133 Å². The number of fused-ring (bicyclic) bond motifs is 1. The Balaban J connectivity index is 0.00000116. The van der Waals surface area contributed by atoms with Gasteiger partial charge in [-0.25, -0.2) is 9.78 Å². The fourth-order valence-electron chi connectivity index (χ4n) is 1.80. The van der Waals surface area contributed by atoms with Crippen molar-refractivity contribution in [2.75, 3.05) is 5.32 Å². The number of nitrogens with one attached hydrogen (secondary N) is 1. The van der Waals surface area contributed by atoms with Gasteiger partial charge < -0.3 is 4.74 Å². The molecule has 5 heteroatoms. The van der Waals surface area contributed by atoms with Gasteiger partial charge in [-0.05, 0) is 44.5 Å². The van der Waals surface area contributed by atoms with Gasteiger partial charge in [0.25, 0.3) is 0 Å². The van der Waals surface area contributed by atoms with Gasteiger partial charge in [0.15, 0.2) is 0 Å². The molecular weight excluding hydrogens is 275 g/mol. The average Bonchev–Trinajstić information content (AvgIpc) is 2.40. The van der Waals surface area contributed by atoms with Gasteiger partial charge >= 0.3 is 6.09 Å². The number of benzene rings is 1. The molecular formula is C17H23BN2O2. The van der Waals surface area contributed by atoms with E-state index in [9.17, 15) is 4.79 Å². The molecule has 0 spiro atoms. The van der Waals surface area contributed by atoms with Crippen molar-refractivity contribution in [1.29, 1.82) is 0 Å². The van der Waals surface area contributed by atoms with Crippen LogP contribution in [0.15, 0.2) is 24.4 Å². The van der Waals surface area contributed by atoms with Crippen LogP contribution in [-0.2, 0) is 4.74 Å². The molecule has 0 saturated heterocycles. The topological polar surface area (TPSA) is 51.2 Å².